The van der Waals surface area contributed by atoms with Crippen LogP contribution in [0.5, 0.6) is 5.88 Å². The van der Waals surface area contributed by atoms with Gasteiger partial charge in [-0.3, -0.25) is 10.1 Å². The lowest BCUT2D eigenvalue weighted by atomic mass is 10.3. The van der Waals surface area contributed by atoms with Crippen LogP contribution in [0, 0.1) is 10.1 Å². The molecule has 0 atom stereocenters. The molecule has 82 valence electrons. The maximum Gasteiger partial charge on any atom is 0.233 e. The van der Waals surface area contributed by atoms with Crippen LogP contribution in [0.1, 0.15) is 0 Å². The number of nitro groups is 1. The van der Waals surface area contributed by atoms with Crippen LogP contribution in [-0.2, 0) is 0 Å². The van der Waals surface area contributed by atoms with Crippen molar-refractivity contribution in [3.8, 4) is 5.88 Å². The maximum absolute atomic E-state index is 10.0. The largest absolute Gasteiger partial charge is 0.474 e. The molecule has 1 aromatic heterocycles. The molecule has 0 bridgehead atoms. The van der Waals surface area contributed by atoms with Gasteiger partial charge in [-0.15, -0.1) is 0 Å². The number of para-hydroxylation sites is 1. The molecule has 0 aliphatic rings. The van der Waals surface area contributed by atoms with E-state index in [2.05, 4.69) is 4.98 Å². The van der Waals surface area contributed by atoms with Gasteiger partial charge < -0.3 is 9.72 Å². The van der Waals surface area contributed by atoms with E-state index in [1.165, 1.54) is 6.08 Å². The molecule has 1 N–H and O–H groups in total. The zero-order valence-electron chi connectivity index (χ0n) is 8.42. The highest BCUT2D eigenvalue weighted by Gasteiger charge is 1.99. The molecular formula is C11H10N2O3. The van der Waals surface area contributed by atoms with Crippen molar-refractivity contribution in [2.75, 3.05) is 6.61 Å². The van der Waals surface area contributed by atoms with Gasteiger partial charge in [-0.2, -0.15) is 0 Å². The van der Waals surface area contributed by atoms with Gasteiger partial charge >= 0.3 is 0 Å². The van der Waals surface area contributed by atoms with Gasteiger partial charge in [-0.05, 0) is 6.07 Å². The van der Waals surface area contributed by atoms with Crippen molar-refractivity contribution < 1.29 is 9.66 Å². The van der Waals surface area contributed by atoms with E-state index in [4.69, 9.17) is 4.74 Å². The minimum atomic E-state index is -0.519. The molecule has 1 aromatic carbocycles. The normalized spacial score (nSPS) is 11.0. The Balaban J connectivity index is 2.02. The van der Waals surface area contributed by atoms with Crippen molar-refractivity contribution in [2.24, 2.45) is 0 Å². The van der Waals surface area contributed by atoms with Crippen LogP contribution in [0.3, 0.4) is 0 Å². The molecule has 2 aromatic rings. The van der Waals surface area contributed by atoms with Crippen LogP contribution >= 0.6 is 0 Å². The third-order valence-electron chi connectivity index (χ3n) is 2.07. The van der Waals surface area contributed by atoms with Gasteiger partial charge in [0.2, 0.25) is 6.20 Å². The zero-order chi connectivity index (χ0) is 11.4. The molecule has 0 aliphatic heterocycles. The Labute approximate surface area is 91.5 Å². The van der Waals surface area contributed by atoms with Crippen molar-refractivity contribution in [2.45, 2.75) is 0 Å². The van der Waals surface area contributed by atoms with Crippen molar-refractivity contribution in [1.29, 1.82) is 0 Å². The van der Waals surface area contributed by atoms with E-state index in [0.29, 0.717) is 5.88 Å². The average Bonchev–Trinajstić information content (AvgIpc) is 2.66. The first-order chi connectivity index (χ1) is 7.75. The summed E-state index contributed by atoms with van der Waals surface area (Å²) in [7, 11) is 0. The van der Waals surface area contributed by atoms with Gasteiger partial charge in [0.15, 0.2) is 5.88 Å². The van der Waals surface area contributed by atoms with Crippen LogP contribution in [0.4, 0.5) is 0 Å². The van der Waals surface area contributed by atoms with E-state index >= 15 is 0 Å². The SMILES string of the molecule is O=[N+]([O-])C=CCOc1cc2ccccc2[nH]1. The zero-order valence-corrected chi connectivity index (χ0v) is 8.42. The predicted octanol–water partition coefficient (Wildman–Crippen LogP) is 2.34. The Bertz CT molecular complexity index is 498. The monoisotopic (exact) mass is 218 g/mol. The van der Waals surface area contributed by atoms with Gasteiger partial charge in [-0.25, -0.2) is 0 Å². The third-order valence-corrected chi connectivity index (χ3v) is 2.07. The standard InChI is InChI=1S/C11H10N2O3/c14-13(15)6-3-7-16-11-8-9-4-1-2-5-10(9)12-11/h1-6,8,12H,7H2. The summed E-state index contributed by atoms with van der Waals surface area (Å²) < 4.78 is 5.29. The highest BCUT2D eigenvalue weighted by atomic mass is 16.6. The number of rotatable bonds is 4. The lowest BCUT2D eigenvalue weighted by molar-refractivity contribution is -0.402. The number of fused-ring (bicyclic) bond motifs is 1. The van der Waals surface area contributed by atoms with Crippen molar-refractivity contribution in [3.63, 3.8) is 0 Å². The molecule has 5 nitrogen and oxygen atoms in total. The Morgan fingerprint density at radius 2 is 2.25 bits per heavy atom. The van der Waals surface area contributed by atoms with E-state index in [-0.39, 0.29) is 6.61 Å². The van der Waals surface area contributed by atoms with Gasteiger partial charge in [0.25, 0.3) is 0 Å². The highest BCUT2D eigenvalue weighted by molar-refractivity contribution is 5.81. The Hall–Kier alpha value is -2.30. The van der Waals surface area contributed by atoms with E-state index in [1.54, 1.807) is 0 Å². The van der Waals surface area contributed by atoms with Crippen molar-refractivity contribution in [1.82, 2.24) is 4.98 Å². The quantitative estimate of drug-likeness (QED) is 0.632. The van der Waals surface area contributed by atoms with Gasteiger partial charge in [0.1, 0.15) is 6.61 Å². The number of ether oxygens (including phenoxy) is 1. The number of aromatic nitrogens is 1. The van der Waals surface area contributed by atoms with Crippen LogP contribution in [0.2, 0.25) is 0 Å². The first kappa shape index (κ1) is 10.2. The summed E-state index contributed by atoms with van der Waals surface area (Å²) in [5.74, 6) is 0.606. The van der Waals surface area contributed by atoms with Crippen LogP contribution in [0.15, 0.2) is 42.6 Å². The molecule has 0 radical (unpaired) electrons. The minimum Gasteiger partial charge on any atom is -0.474 e. The minimum absolute atomic E-state index is 0.174. The molecule has 0 spiro atoms. The molecule has 0 aliphatic carbocycles. The summed E-state index contributed by atoms with van der Waals surface area (Å²) in [6.07, 6.45) is 2.22. The van der Waals surface area contributed by atoms with E-state index in [1.807, 2.05) is 30.3 Å². The first-order valence-corrected chi connectivity index (χ1v) is 4.76. The third kappa shape index (κ3) is 2.38. The fraction of sp³-hybridized carbons (Fsp3) is 0.0909. The van der Waals surface area contributed by atoms with Crippen LogP contribution < -0.4 is 4.74 Å². The Morgan fingerprint density at radius 1 is 1.44 bits per heavy atom. The fourth-order valence-corrected chi connectivity index (χ4v) is 1.39. The number of nitrogens with zero attached hydrogens (tertiary/aromatic N) is 1. The van der Waals surface area contributed by atoms with Gasteiger partial charge in [0, 0.05) is 23.0 Å². The number of aromatic amines is 1. The summed E-state index contributed by atoms with van der Waals surface area (Å²) in [6.45, 7) is 0.174. The summed E-state index contributed by atoms with van der Waals surface area (Å²) in [6, 6.07) is 9.62. The second-order valence-corrected chi connectivity index (χ2v) is 3.20. The fourth-order valence-electron chi connectivity index (χ4n) is 1.39. The van der Waals surface area contributed by atoms with Crippen LogP contribution in [-0.4, -0.2) is 16.5 Å². The average molecular weight is 218 g/mol. The topological polar surface area (TPSA) is 68.2 Å². The maximum atomic E-state index is 10.0. The van der Waals surface area contributed by atoms with E-state index < -0.39 is 4.92 Å². The molecule has 0 amide bonds. The molecular weight excluding hydrogens is 208 g/mol. The molecule has 0 unspecified atom stereocenters. The number of benzene rings is 1. The Morgan fingerprint density at radius 3 is 3.00 bits per heavy atom. The Kier molecular flexibility index (Phi) is 2.86. The van der Waals surface area contributed by atoms with Gasteiger partial charge in [-0.1, -0.05) is 18.2 Å². The van der Waals surface area contributed by atoms with E-state index in [0.717, 1.165) is 17.1 Å². The van der Waals surface area contributed by atoms with Crippen molar-refractivity contribution in [3.05, 3.63) is 52.7 Å². The lowest BCUT2D eigenvalue weighted by Crippen LogP contribution is -1.94. The predicted molar refractivity (Wildman–Crippen MR) is 59.9 cm³/mol. The molecule has 5 heteroatoms. The lowest BCUT2D eigenvalue weighted by Gasteiger charge is -1.96. The molecule has 1 heterocycles. The first-order valence-electron chi connectivity index (χ1n) is 4.76. The van der Waals surface area contributed by atoms with E-state index in [9.17, 15) is 10.1 Å². The molecule has 0 saturated heterocycles. The molecule has 16 heavy (non-hydrogen) atoms. The molecule has 0 fully saturated rings. The van der Waals surface area contributed by atoms with Crippen molar-refractivity contribution >= 4 is 10.9 Å². The number of hydrogen-bond donors (Lipinski definition) is 1. The summed E-state index contributed by atoms with van der Waals surface area (Å²) in [5.41, 5.74) is 0.982. The molecule has 2 rings (SSSR count). The summed E-state index contributed by atoms with van der Waals surface area (Å²) >= 11 is 0. The highest BCUT2D eigenvalue weighted by Crippen LogP contribution is 2.19. The summed E-state index contributed by atoms with van der Waals surface area (Å²) in [4.78, 5) is 12.5. The summed E-state index contributed by atoms with van der Waals surface area (Å²) in [5, 5.41) is 11.1. The van der Waals surface area contributed by atoms with Gasteiger partial charge in [0.05, 0.1) is 4.92 Å². The van der Waals surface area contributed by atoms with Crippen LogP contribution in [0.25, 0.3) is 10.9 Å². The molecule has 0 saturated carbocycles. The smallest absolute Gasteiger partial charge is 0.233 e. The number of H-pyrrole nitrogens is 1. The number of nitrogens with one attached hydrogen (secondary N) is 1. The second kappa shape index (κ2) is 4.48. The number of hydrogen-bond acceptors (Lipinski definition) is 3. The second-order valence-electron chi connectivity index (χ2n) is 3.20.